The van der Waals surface area contributed by atoms with E-state index in [1.54, 1.807) is 41.0 Å². The van der Waals surface area contributed by atoms with Crippen LogP contribution in [-0.4, -0.2) is 40.9 Å². The van der Waals surface area contributed by atoms with E-state index >= 15 is 0 Å². The third-order valence-corrected chi connectivity index (χ3v) is 5.52. The first kappa shape index (κ1) is 20.6. The van der Waals surface area contributed by atoms with E-state index in [1.165, 1.54) is 20.4 Å². The Morgan fingerprint density at radius 3 is 2.32 bits per heavy atom. The van der Waals surface area contributed by atoms with E-state index in [9.17, 15) is 19.8 Å². The van der Waals surface area contributed by atoms with Gasteiger partial charge in [0, 0.05) is 29.2 Å². The first-order chi connectivity index (χ1) is 14.8. The Bertz CT molecular complexity index is 1160. The summed E-state index contributed by atoms with van der Waals surface area (Å²) < 4.78 is 12.2. The number of methoxy groups -OCH3 is 2. The predicted octanol–water partition coefficient (Wildman–Crippen LogP) is 4.03. The van der Waals surface area contributed by atoms with Gasteiger partial charge < -0.3 is 29.6 Å². The van der Waals surface area contributed by atoms with Gasteiger partial charge in [-0.1, -0.05) is 11.6 Å². The van der Waals surface area contributed by atoms with Gasteiger partial charge in [-0.25, -0.2) is 4.79 Å². The number of aromatic hydroxyl groups is 1. The van der Waals surface area contributed by atoms with Gasteiger partial charge in [0.1, 0.15) is 5.56 Å². The number of amides is 1. The maximum atomic E-state index is 12.5. The number of fused-ring (bicyclic) bond motifs is 1. The number of carbonyl (C=O) groups excluding carboxylic acids is 1. The number of nitrogens with zero attached hydrogens (tertiary/aromatic N) is 1. The van der Waals surface area contributed by atoms with Crippen molar-refractivity contribution in [3.05, 3.63) is 64.4 Å². The van der Waals surface area contributed by atoms with Crippen LogP contribution in [0.25, 0.3) is 5.69 Å². The summed E-state index contributed by atoms with van der Waals surface area (Å²) in [5.41, 5.74) is 2.12. The summed E-state index contributed by atoms with van der Waals surface area (Å²) in [6, 6.07) is 10.2. The van der Waals surface area contributed by atoms with E-state index < -0.39 is 11.9 Å². The smallest absolute Gasteiger partial charge is 0.339 e. The highest BCUT2D eigenvalue weighted by molar-refractivity contribution is 6.30. The highest BCUT2D eigenvalue weighted by atomic mass is 35.5. The van der Waals surface area contributed by atoms with Gasteiger partial charge in [-0.15, -0.1) is 0 Å². The van der Waals surface area contributed by atoms with Crippen molar-refractivity contribution in [2.75, 3.05) is 19.5 Å². The molecular formula is C22H19ClN2O6. The average molecular weight is 443 g/mol. The van der Waals surface area contributed by atoms with Gasteiger partial charge in [-0.2, -0.15) is 0 Å². The van der Waals surface area contributed by atoms with Crippen LogP contribution in [0.3, 0.4) is 0 Å². The van der Waals surface area contributed by atoms with Crippen molar-refractivity contribution >= 4 is 29.2 Å². The molecular weight excluding hydrogens is 424 g/mol. The summed E-state index contributed by atoms with van der Waals surface area (Å²) in [6.07, 6.45) is 1.55. The molecule has 0 aliphatic carbocycles. The number of aromatic carboxylic acids is 1. The van der Waals surface area contributed by atoms with E-state index in [1.807, 2.05) is 0 Å². The van der Waals surface area contributed by atoms with Crippen molar-refractivity contribution in [1.82, 2.24) is 4.57 Å². The number of carbonyl (C=O) groups is 2. The normalized spacial score (nSPS) is 15.2. The van der Waals surface area contributed by atoms with Crippen molar-refractivity contribution in [2.24, 2.45) is 0 Å². The number of aromatic nitrogens is 1. The molecule has 3 N–H and O–H groups in total. The van der Waals surface area contributed by atoms with Crippen molar-refractivity contribution in [3.63, 3.8) is 0 Å². The number of carboxylic acids is 1. The summed E-state index contributed by atoms with van der Waals surface area (Å²) in [7, 11) is 2.83. The molecule has 31 heavy (non-hydrogen) atoms. The number of ether oxygens (including phenoxy) is 2. The monoisotopic (exact) mass is 442 g/mol. The number of benzene rings is 2. The van der Waals surface area contributed by atoms with Crippen LogP contribution in [0.15, 0.2) is 42.6 Å². The van der Waals surface area contributed by atoms with E-state index in [-0.39, 0.29) is 40.8 Å². The third-order valence-electron chi connectivity index (χ3n) is 5.27. The standard InChI is InChI=1S/C22H19ClN2O6/c1-30-16-7-11(8-17(31-2)21(16)27)14-9-18(26)24-19-15(22(28)29)10-25(20(14)19)13-5-3-12(23)4-6-13/h3-8,10,14,27H,9H2,1-2H3,(H,24,26)(H,28,29). The average Bonchev–Trinajstić information content (AvgIpc) is 3.13. The Kier molecular flexibility index (Phi) is 5.24. The number of carboxylic acid groups (broad SMARTS) is 1. The second kappa shape index (κ2) is 7.88. The quantitative estimate of drug-likeness (QED) is 0.550. The molecule has 1 aromatic heterocycles. The zero-order valence-electron chi connectivity index (χ0n) is 16.7. The highest BCUT2D eigenvalue weighted by Crippen LogP contribution is 2.46. The number of halogens is 1. The van der Waals surface area contributed by atoms with E-state index in [2.05, 4.69) is 5.32 Å². The van der Waals surface area contributed by atoms with E-state index in [0.717, 1.165) is 0 Å². The molecule has 0 spiro atoms. The van der Waals surface area contributed by atoms with Crippen molar-refractivity contribution in [1.29, 1.82) is 0 Å². The Morgan fingerprint density at radius 2 is 1.77 bits per heavy atom. The first-order valence-corrected chi connectivity index (χ1v) is 9.71. The van der Waals surface area contributed by atoms with Crippen LogP contribution in [0.1, 0.15) is 34.0 Å². The fraction of sp³-hybridized carbons (Fsp3) is 0.182. The lowest BCUT2D eigenvalue weighted by Crippen LogP contribution is -2.25. The zero-order valence-corrected chi connectivity index (χ0v) is 17.4. The Morgan fingerprint density at radius 1 is 1.16 bits per heavy atom. The molecule has 4 rings (SSSR count). The molecule has 0 radical (unpaired) electrons. The molecule has 2 aromatic carbocycles. The second-order valence-electron chi connectivity index (χ2n) is 7.03. The van der Waals surface area contributed by atoms with E-state index in [0.29, 0.717) is 22.0 Å². The highest BCUT2D eigenvalue weighted by Gasteiger charge is 2.35. The van der Waals surface area contributed by atoms with Crippen LogP contribution in [-0.2, 0) is 4.79 Å². The molecule has 0 saturated carbocycles. The first-order valence-electron chi connectivity index (χ1n) is 9.33. The van der Waals surface area contributed by atoms with Gasteiger partial charge in [0.15, 0.2) is 11.5 Å². The predicted molar refractivity (Wildman–Crippen MR) is 114 cm³/mol. The number of phenolic OH excluding ortho intramolecular Hbond substituents is 1. The van der Waals surface area contributed by atoms with Crippen molar-refractivity contribution in [3.8, 4) is 22.9 Å². The SMILES string of the molecule is COc1cc(C2CC(=O)Nc3c(C(=O)O)cn(-c4ccc(Cl)cc4)c32)cc(OC)c1O. The van der Waals surface area contributed by atoms with Gasteiger partial charge in [0.2, 0.25) is 11.7 Å². The summed E-state index contributed by atoms with van der Waals surface area (Å²) in [5.74, 6) is -1.79. The molecule has 2 heterocycles. The number of hydrogen-bond acceptors (Lipinski definition) is 5. The molecule has 160 valence electrons. The second-order valence-corrected chi connectivity index (χ2v) is 7.47. The molecule has 8 nitrogen and oxygen atoms in total. The molecule has 9 heteroatoms. The minimum absolute atomic E-state index is 0.0271. The number of anilines is 1. The minimum Gasteiger partial charge on any atom is -0.502 e. The largest absolute Gasteiger partial charge is 0.502 e. The summed E-state index contributed by atoms with van der Waals surface area (Å²) in [5, 5.41) is 23.2. The molecule has 0 saturated heterocycles. The van der Waals surface area contributed by atoms with Crippen LogP contribution in [0, 0.1) is 0 Å². The molecule has 1 aliphatic rings. The maximum absolute atomic E-state index is 12.5. The van der Waals surface area contributed by atoms with Gasteiger partial charge in [-0.3, -0.25) is 4.79 Å². The minimum atomic E-state index is -1.16. The lowest BCUT2D eigenvalue weighted by molar-refractivity contribution is -0.116. The Balaban J connectivity index is 1.98. The molecule has 0 fully saturated rings. The number of rotatable bonds is 5. The van der Waals surface area contributed by atoms with Gasteiger partial charge in [-0.05, 0) is 42.0 Å². The van der Waals surface area contributed by atoms with Gasteiger partial charge in [0.25, 0.3) is 0 Å². The lowest BCUT2D eigenvalue weighted by Gasteiger charge is -2.27. The molecule has 1 amide bonds. The molecule has 0 bridgehead atoms. The summed E-state index contributed by atoms with van der Waals surface area (Å²) in [4.78, 5) is 24.4. The fourth-order valence-corrected chi connectivity index (χ4v) is 3.96. The summed E-state index contributed by atoms with van der Waals surface area (Å²) in [6.45, 7) is 0. The fourth-order valence-electron chi connectivity index (χ4n) is 3.84. The molecule has 1 atom stereocenters. The maximum Gasteiger partial charge on any atom is 0.339 e. The molecule has 1 unspecified atom stereocenters. The molecule has 1 aliphatic heterocycles. The number of hydrogen-bond donors (Lipinski definition) is 3. The van der Waals surface area contributed by atoms with Crippen LogP contribution >= 0.6 is 11.6 Å². The van der Waals surface area contributed by atoms with Crippen molar-refractivity contribution in [2.45, 2.75) is 12.3 Å². The van der Waals surface area contributed by atoms with Crippen LogP contribution in [0.4, 0.5) is 5.69 Å². The summed E-state index contributed by atoms with van der Waals surface area (Å²) >= 11 is 6.01. The van der Waals surface area contributed by atoms with Crippen LogP contribution in [0.5, 0.6) is 17.2 Å². The topological polar surface area (TPSA) is 110 Å². The van der Waals surface area contributed by atoms with E-state index in [4.69, 9.17) is 21.1 Å². The van der Waals surface area contributed by atoms with Crippen LogP contribution < -0.4 is 14.8 Å². The van der Waals surface area contributed by atoms with Crippen LogP contribution in [0.2, 0.25) is 5.02 Å². The number of nitrogens with one attached hydrogen (secondary N) is 1. The zero-order chi connectivity index (χ0) is 22.3. The Labute approximate surface area is 182 Å². The Hall–Kier alpha value is -3.65. The van der Waals surface area contributed by atoms with Crippen molar-refractivity contribution < 1.29 is 29.3 Å². The lowest BCUT2D eigenvalue weighted by atomic mass is 9.87. The number of phenols is 1. The van der Waals surface area contributed by atoms with Gasteiger partial charge >= 0.3 is 5.97 Å². The third kappa shape index (κ3) is 3.55. The molecule has 3 aromatic rings. The van der Waals surface area contributed by atoms with Gasteiger partial charge in [0.05, 0.1) is 25.6 Å².